The summed E-state index contributed by atoms with van der Waals surface area (Å²) < 4.78 is 0. The molecule has 1 heteroatoms. The van der Waals surface area contributed by atoms with Crippen molar-refractivity contribution in [3.63, 3.8) is 0 Å². The maximum absolute atomic E-state index is 3.96. The van der Waals surface area contributed by atoms with E-state index < -0.39 is 0 Å². The second-order valence-corrected chi connectivity index (χ2v) is 7.67. The van der Waals surface area contributed by atoms with Crippen LogP contribution in [0.25, 0.3) is 0 Å². The van der Waals surface area contributed by atoms with Crippen molar-refractivity contribution in [1.82, 2.24) is 5.32 Å². The first-order valence-corrected chi connectivity index (χ1v) is 8.89. The van der Waals surface area contributed by atoms with Gasteiger partial charge < -0.3 is 5.32 Å². The fourth-order valence-corrected chi connectivity index (χ4v) is 4.57. The summed E-state index contributed by atoms with van der Waals surface area (Å²) in [6.45, 7) is 8.53. The fourth-order valence-electron chi connectivity index (χ4n) is 4.57. The quantitative estimate of drug-likeness (QED) is 0.724. The lowest BCUT2D eigenvalue weighted by Crippen LogP contribution is -2.50. The van der Waals surface area contributed by atoms with Crippen LogP contribution in [0.2, 0.25) is 0 Å². The van der Waals surface area contributed by atoms with Gasteiger partial charge in [0.2, 0.25) is 0 Å². The van der Waals surface area contributed by atoms with Crippen LogP contribution in [0.4, 0.5) is 0 Å². The van der Waals surface area contributed by atoms with Crippen LogP contribution >= 0.6 is 0 Å². The zero-order chi connectivity index (χ0) is 13.7. The van der Waals surface area contributed by atoms with Gasteiger partial charge in [-0.1, -0.05) is 52.9 Å². The number of hydrogen-bond donors (Lipinski definition) is 1. The topological polar surface area (TPSA) is 12.0 Å². The molecule has 1 N–H and O–H groups in total. The number of hydrogen-bond acceptors (Lipinski definition) is 1. The Morgan fingerprint density at radius 3 is 2.26 bits per heavy atom. The monoisotopic (exact) mass is 265 g/mol. The maximum atomic E-state index is 3.96. The molecule has 2 rings (SSSR count). The van der Waals surface area contributed by atoms with Gasteiger partial charge in [0, 0.05) is 6.04 Å². The Balaban J connectivity index is 2.01. The van der Waals surface area contributed by atoms with E-state index in [-0.39, 0.29) is 0 Å². The van der Waals surface area contributed by atoms with Gasteiger partial charge in [-0.25, -0.2) is 0 Å². The Kier molecular flexibility index (Phi) is 5.74. The Hall–Kier alpha value is -0.0400. The van der Waals surface area contributed by atoms with Crippen LogP contribution in [-0.4, -0.2) is 12.6 Å². The van der Waals surface area contributed by atoms with Gasteiger partial charge in [0.1, 0.15) is 0 Å². The van der Waals surface area contributed by atoms with E-state index in [1.165, 1.54) is 70.8 Å². The molecule has 2 fully saturated rings. The van der Waals surface area contributed by atoms with E-state index in [4.69, 9.17) is 0 Å². The van der Waals surface area contributed by atoms with Gasteiger partial charge in [0.25, 0.3) is 0 Å². The third kappa shape index (κ3) is 3.97. The third-order valence-electron chi connectivity index (χ3n) is 5.89. The molecule has 0 aromatic rings. The van der Waals surface area contributed by atoms with Crippen molar-refractivity contribution < 1.29 is 0 Å². The third-order valence-corrected chi connectivity index (χ3v) is 5.89. The number of nitrogens with one attached hydrogen (secondary N) is 1. The van der Waals surface area contributed by atoms with Crippen LogP contribution in [0.1, 0.15) is 85.0 Å². The molecule has 19 heavy (non-hydrogen) atoms. The van der Waals surface area contributed by atoms with Crippen LogP contribution < -0.4 is 5.32 Å². The van der Waals surface area contributed by atoms with Crippen molar-refractivity contribution in [3.8, 4) is 0 Å². The minimum Gasteiger partial charge on any atom is -0.313 e. The molecule has 0 aromatic carbocycles. The van der Waals surface area contributed by atoms with Crippen LogP contribution in [0, 0.1) is 17.3 Å². The van der Waals surface area contributed by atoms with Gasteiger partial charge in [-0.3, -0.25) is 0 Å². The van der Waals surface area contributed by atoms with E-state index in [1.54, 1.807) is 0 Å². The molecule has 0 aliphatic heterocycles. The summed E-state index contributed by atoms with van der Waals surface area (Å²) in [5.74, 6) is 1.92. The zero-order valence-electron chi connectivity index (χ0n) is 13.5. The van der Waals surface area contributed by atoms with Crippen LogP contribution in [-0.2, 0) is 0 Å². The first-order chi connectivity index (χ1) is 9.15. The van der Waals surface area contributed by atoms with Crippen molar-refractivity contribution in [1.29, 1.82) is 0 Å². The van der Waals surface area contributed by atoms with Gasteiger partial charge in [0.15, 0.2) is 0 Å². The van der Waals surface area contributed by atoms with Crippen LogP contribution in [0.3, 0.4) is 0 Å². The minimum absolute atomic E-state index is 0.582. The standard InChI is InChI=1S/C18H35N/c1-4-14-19-17(16-10-8-15(2)9-11-16)18(3)12-6-5-7-13-18/h15-17,19H,4-14H2,1-3H3. The van der Waals surface area contributed by atoms with E-state index in [0.29, 0.717) is 5.41 Å². The highest BCUT2D eigenvalue weighted by Crippen LogP contribution is 2.44. The summed E-state index contributed by atoms with van der Waals surface area (Å²) in [5.41, 5.74) is 0.582. The van der Waals surface area contributed by atoms with Gasteiger partial charge in [-0.05, 0) is 55.9 Å². The molecule has 0 aromatic heterocycles. The van der Waals surface area contributed by atoms with E-state index in [1.807, 2.05) is 0 Å². The molecule has 1 unspecified atom stereocenters. The molecule has 112 valence electrons. The normalized spacial score (nSPS) is 33.0. The summed E-state index contributed by atoms with van der Waals surface area (Å²) in [7, 11) is 0. The summed E-state index contributed by atoms with van der Waals surface area (Å²) in [4.78, 5) is 0. The lowest BCUT2D eigenvalue weighted by atomic mass is 9.64. The summed E-state index contributed by atoms with van der Waals surface area (Å²) >= 11 is 0. The largest absolute Gasteiger partial charge is 0.313 e. The molecule has 2 saturated carbocycles. The lowest BCUT2D eigenvalue weighted by Gasteiger charge is -2.47. The molecule has 2 aliphatic carbocycles. The van der Waals surface area contributed by atoms with Gasteiger partial charge in [-0.2, -0.15) is 0 Å². The van der Waals surface area contributed by atoms with E-state index >= 15 is 0 Å². The van der Waals surface area contributed by atoms with Gasteiger partial charge in [0.05, 0.1) is 0 Å². The van der Waals surface area contributed by atoms with Gasteiger partial charge in [-0.15, -0.1) is 0 Å². The molecule has 0 bridgehead atoms. The van der Waals surface area contributed by atoms with Gasteiger partial charge >= 0.3 is 0 Å². The molecule has 0 heterocycles. The first kappa shape index (κ1) is 15.4. The Bertz CT molecular complexity index is 246. The highest BCUT2D eigenvalue weighted by atomic mass is 14.9. The smallest absolute Gasteiger partial charge is 0.0149 e. The Morgan fingerprint density at radius 2 is 1.68 bits per heavy atom. The van der Waals surface area contributed by atoms with Crippen molar-refractivity contribution in [2.75, 3.05) is 6.54 Å². The molecule has 0 radical (unpaired) electrons. The summed E-state index contributed by atoms with van der Waals surface area (Å²) in [6.07, 6.45) is 14.5. The summed E-state index contributed by atoms with van der Waals surface area (Å²) in [6, 6.07) is 0.792. The van der Waals surface area contributed by atoms with Crippen molar-refractivity contribution in [2.24, 2.45) is 17.3 Å². The van der Waals surface area contributed by atoms with Crippen molar-refractivity contribution >= 4 is 0 Å². The molecule has 1 atom stereocenters. The van der Waals surface area contributed by atoms with E-state index in [0.717, 1.165) is 17.9 Å². The van der Waals surface area contributed by atoms with E-state index in [9.17, 15) is 0 Å². The molecule has 0 saturated heterocycles. The predicted octanol–water partition coefficient (Wildman–Crippen LogP) is 5.15. The molecular weight excluding hydrogens is 230 g/mol. The summed E-state index contributed by atoms with van der Waals surface area (Å²) in [5, 5.41) is 3.96. The maximum Gasteiger partial charge on any atom is 0.0149 e. The second-order valence-electron chi connectivity index (χ2n) is 7.67. The predicted molar refractivity (Wildman–Crippen MR) is 84.4 cm³/mol. The van der Waals surface area contributed by atoms with Crippen molar-refractivity contribution in [2.45, 2.75) is 91.0 Å². The minimum atomic E-state index is 0.582. The molecule has 0 spiro atoms. The lowest BCUT2D eigenvalue weighted by molar-refractivity contribution is 0.0786. The molecular formula is C18H35N. The highest BCUT2D eigenvalue weighted by Gasteiger charge is 2.40. The van der Waals surface area contributed by atoms with Crippen LogP contribution in [0.5, 0.6) is 0 Å². The zero-order valence-corrected chi connectivity index (χ0v) is 13.5. The number of rotatable bonds is 5. The fraction of sp³-hybridized carbons (Fsp3) is 1.00. The highest BCUT2D eigenvalue weighted by molar-refractivity contribution is 4.95. The Labute approximate surface area is 120 Å². The molecule has 2 aliphatic rings. The molecule has 0 amide bonds. The molecule has 1 nitrogen and oxygen atoms in total. The SMILES string of the molecule is CCCNC(C1CCC(C)CC1)C1(C)CCCCC1. The average Bonchev–Trinajstić information content (AvgIpc) is 2.42. The van der Waals surface area contributed by atoms with Crippen molar-refractivity contribution in [3.05, 3.63) is 0 Å². The van der Waals surface area contributed by atoms with Crippen LogP contribution in [0.15, 0.2) is 0 Å². The van der Waals surface area contributed by atoms with E-state index in [2.05, 4.69) is 26.1 Å². The average molecular weight is 265 g/mol. The second kappa shape index (κ2) is 7.11. The Morgan fingerprint density at radius 1 is 1.05 bits per heavy atom. The first-order valence-electron chi connectivity index (χ1n) is 8.89.